The summed E-state index contributed by atoms with van der Waals surface area (Å²) in [6.07, 6.45) is 0. The number of rotatable bonds is 4. The van der Waals surface area contributed by atoms with Gasteiger partial charge in [0.15, 0.2) is 11.5 Å². The summed E-state index contributed by atoms with van der Waals surface area (Å²) in [5.74, 6) is 1.44. The first-order valence-electron chi connectivity index (χ1n) is 9.45. The zero-order valence-corrected chi connectivity index (χ0v) is 18.0. The lowest BCUT2D eigenvalue weighted by Gasteiger charge is -2.18. The van der Waals surface area contributed by atoms with Crippen LogP contribution in [0.15, 0.2) is 36.4 Å². The fraction of sp³-hybridized carbons (Fsp3) is 0.273. The number of nitrogens with zero attached hydrogens (tertiary/aromatic N) is 2. The van der Waals surface area contributed by atoms with Crippen LogP contribution < -0.4 is 14.8 Å². The van der Waals surface area contributed by atoms with E-state index in [1.165, 1.54) is 26.0 Å². The average Bonchev–Trinajstić information content (AvgIpc) is 2.94. The zero-order chi connectivity index (χ0) is 21.4. The summed E-state index contributed by atoms with van der Waals surface area (Å²) >= 11 is 1.50. The Bertz CT molecular complexity index is 1080. The molecule has 1 aliphatic heterocycles. The Labute approximate surface area is 179 Å². The van der Waals surface area contributed by atoms with Crippen LogP contribution >= 0.6 is 11.8 Å². The first-order chi connectivity index (χ1) is 14.4. The van der Waals surface area contributed by atoms with Crippen LogP contribution in [0.5, 0.6) is 17.2 Å². The first kappa shape index (κ1) is 20.2. The number of aryl methyl sites for hydroxylation is 2. The van der Waals surface area contributed by atoms with Gasteiger partial charge in [-0.15, -0.1) is 11.8 Å². The Balaban J connectivity index is 1.90. The van der Waals surface area contributed by atoms with Gasteiger partial charge in [-0.3, -0.25) is 4.79 Å². The van der Waals surface area contributed by atoms with Gasteiger partial charge in [0.1, 0.15) is 5.82 Å². The predicted octanol–water partition coefficient (Wildman–Crippen LogP) is 3.99. The van der Waals surface area contributed by atoms with E-state index in [2.05, 4.69) is 5.32 Å². The maximum atomic E-state index is 12.5. The van der Waals surface area contributed by atoms with Crippen molar-refractivity contribution in [1.82, 2.24) is 9.78 Å². The van der Waals surface area contributed by atoms with E-state index < -0.39 is 0 Å². The zero-order valence-electron chi connectivity index (χ0n) is 17.2. The Morgan fingerprint density at radius 1 is 1.13 bits per heavy atom. The quantitative estimate of drug-likeness (QED) is 0.658. The summed E-state index contributed by atoms with van der Waals surface area (Å²) in [4.78, 5) is 12.5. The number of hydrogen-bond donors (Lipinski definition) is 2. The van der Waals surface area contributed by atoms with Gasteiger partial charge in [-0.25, -0.2) is 4.68 Å². The minimum atomic E-state index is -0.193. The molecule has 4 rings (SSSR count). The van der Waals surface area contributed by atoms with Gasteiger partial charge in [0.05, 0.1) is 36.6 Å². The monoisotopic (exact) mass is 425 g/mol. The summed E-state index contributed by atoms with van der Waals surface area (Å²) in [5, 5.41) is 17.8. The highest BCUT2D eigenvalue weighted by atomic mass is 32.2. The number of aromatic hydroxyl groups is 1. The summed E-state index contributed by atoms with van der Waals surface area (Å²) in [6, 6.07) is 11.5. The van der Waals surface area contributed by atoms with Gasteiger partial charge in [-0.05, 0) is 43.7 Å². The number of benzene rings is 2. The van der Waals surface area contributed by atoms with Crippen molar-refractivity contribution in [3.63, 3.8) is 0 Å². The van der Waals surface area contributed by atoms with E-state index in [9.17, 15) is 9.90 Å². The first-order valence-corrected chi connectivity index (χ1v) is 10.5. The molecule has 1 atom stereocenters. The standard InChI is InChI=1S/C22H23N3O4S/c1-12-5-7-15(8-6-12)25-22-19(13(2)24-25)21(30-11-18(26)23-22)14-9-16(28-3)20(27)17(10-14)29-4/h5-10,21,27H,11H2,1-4H3,(H,23,26)/t21-/m0/s1. The van der Waals surface area contributed by atoms with Crippen LogP contribution in [0.4, 0.5) is 5.82 Å². The van der Waals surface area contributed by atoms with Crippen LogP contribution in [0, 0.1) is 13.8 Å². The molecule has 30 heavy (non-hydrogen) atoms. The Morgan fingerprint density at radius 2 is 1.77 bits per heavy atom. The highest BCUT2D eigenvalue weighted by Gasteiger charge is 2.31. The van der Waals surface area contributed by atoms with Gasteiger partial charge < -0.3 is 19.9 Å². The number of amides is 1. The second kappa shape index (κ2) is 7.95. The molecule has 0 aliphatic carbocycles. The van der Waals surface area contributed by atoms with Crippen LogP contribution in [0.2, 0.25) is 0 Å². The van der Waals surface area contributed by atoms with Crippen molar-refractivity contribution in [3.05, 3.63) is 58.8 Å². The molecule has 1 aliphatic rings. The number of aromatic nitrogens is 2. The van der Waals surface area contributed by atoms with Crippen molar-refractivity contribution in [2.75, 3.05) is 25.3 Å². The molecule has 1 amide bonds. The Morgan fingerprint density at radius 3 is 2.37 bits per heavy atom. The van der Waals surface area contributed by atoms with E-state index in [0.29, 0.717) is 17.3 Å². The van der Waals surface area contributed by atoms with E-state index in [0.717, 1.165) is 28.1 Å². The molecule has 1 aromatic heterocycles. The number of fused-ring (bicyclic) bond motifs is 1. The molecule has 2 N–H and O–H groups in total. The van der Waals surface area contributed by atoms with Crippen LogP contribution in [-0.2, 0) is 4.79 Å². The van der Waals surface area contributed by atoms with Gasteiger partial charge in [0, 0.05) is 5.56 Å². The van der Waals surface area contributed by atoms with Crippen LogP contribution in [0.25, 0.3) is 5.69 Å². The summed E-state index contributed by atoms with van der Waals surface area (Å²) in [5.41, 5.74) is 4.61. The lowest BCUT2D eigenvalue weighted by atomic mass is 10.0. The van der Waals surface area contributed by atoms with Crippen LogP contribution in [-0.4, -0.2) is 40.8 Å². The molecule has 0 radical (unpaired) electrons. The summed E-state index contributed by atoms with van der Waals surface area (Å²) in [6.45, 7) is 3.96. The summed E-state index contributed by atoms with van der Waals surface area (Å²) < 4.78 is 12.4. The molecule has 0 fully saturated rings. The molecule has 2 aromatic carbocycles. The van der Waals surface area contributed by atoms with Crippen molar-refractivity contribution in [1.29, 1.82) is 0 Å². The molecule has 0 saturated carbocycles. The predicted molar refractivity (Wildman–Crippen MR) is 117 cm³/mol. The molecule has 0 spiro atoms. The van der Waals surface area contributed by atoms with Crippen molar-refractivity contribution in [2.24, 2.45) is 0 Å². The van der Waals surface area contributed by atoms with Crippen molar-refractivity contribution < 1.29 is 19.4 Å². The van der Waals surface area contributed by atoms with E-state index in [-0.39, 0.29) is 22.7 Å². The number of thioether (sulfide) groups is 1. The van der Waals surface area contributed by atoms with Crippen LogP contribution in [0.3, 0.4) is 0 Å². The number of anilines is 1. The minimum absolute atomic E-state index is 0.0520. The lowest BCUT2D eigenvalue weighted by molar-refractivity contribution is -0.113. The number of phenolic OH excluding ortho intramolecular Hbond substituents is 1. The number of methoxy groups -OCH3 is 2. The van der Waals surface area contributed by atoms with E-state index >= 15 is 0 Å². The largest absolute Gasteiger partial charge is 0.502 e. The molecule has 7 nitrogen and oxygen atoms in total. The number of nitrogens with one attached hydrogen (secondary N) is 1. The third-order valence-electron chi connectivity index (χ3n) is 5.09. The molecular weight excluding hydrogens is 402 g/mol. The SMILES string of the molecule is COc1cc([C@@H]2SCC(=O)Nc3c2c(C)nn3-c2ccc(C)cc2)cc(OC)c1O. The van der Waals surface area contributed by atoms with Gasteiger partial charge in [-0.1, -0.05) is 17.7 Å². The fourth-order valence-corrected chi connectivity index (χ4v) is 4.75. The highest BCUT2D eigenvalue weighted by Crippen LogP contribution is 2.47. The molecular formula is C22H23N3O4S. The number of carbonyl (C=O) groups is 1. The molecule has 156 valence electrons. The third-order valence-corrected chi connectivity index (χ3v) is 6.36. The van der Waals surface area contributed by atoms with Gasteiger partial charge in [0.2, 0.25) is 11.7 Å². The van der Waals surface area contributed by atoms with E-state index in [1.807, 2.05) is 38.1 Å². The number of hydrogen-bond acceptors (Lipinski definition) is 6. The third kappa shape index (κ3) is 3.47. The van der Waals surface area contributed by atoms with Crippen molar-refractivity contribution in [3.8, 4) is 22.9 Å². The van der Waals surface area contributed by atoms with Gasteiger partial charge in [-0.2, -0.15) is 5.10 Å². The molecule has 3 aromatic rings. The normalized spacial score (nSPS) is 15.9. The summed E-state index contributed by atoms with van der Waals surface area (Å²) in [7, 11) is 2.99. The van der Waals surface area contributed by atoms with E-state index in [4.69, 9.17) is 14.6 Å². The smallest absolute Gasteiger partial charge is 0.235 e. The molecule has 0 bridgehead atoms. The van der Waals surface area contributed by atoms with Crippen molar-refractivity contribution >= 4 is 23.5 Å². The van der Waals surface area contributed by atoms with Gasteiger partial charge in [0.25, 0.3) is 0 Å². The number of phenols is 1. The molecule has 0 saturated heterocycles. The lowest BCUT2D eigenvalue weighted by Crippen LogP contribution is -2.15. The van der Waals surface area contributed by atoms with E-state index in [1.54, 1.807) is 16.8 Å². The molecule has 0 unspecified atom stereocenters. The molecule has 8 heteroatoms. The number of ether oxygens (including phenoxy) is 2. The maximum absolute atomic E-state index is 12.5. The van der Waals surface area contributed by atoms with Crippen LogP contribution in [0.1, 0.15) is 27.6 Å². The highest BCUT2D eigenvalue weighted by molar-refractivity contribution is 8.00. The Kier molecular flexibility index (Phi) is 5.34. The average molecular weight is 426 g/mol. The minimum Gasteiger partial charge on any atom is -0.502 e. The van der Waals surface area contributed by atoms with Crippen molar-refractivity contribution in [2.45, 2.75) is 19.1 Å². The fourth-order valence-electron chi connectivity index (χ4n) is 3.58. The maximum Gasteiger partial charge on any atom is 0.235 e. The molecule has 2 heterocycles. The Hall–Kier alpha value is -3.13. The second-order valence-corrected chi connectivity index (χ2v) is 8.20. The second-order valence-electron chi connectivity index (χ2n) is 7.11. The topological polar surface area (TPSA) is 85.6 Å². The number of carbonyl (C=O) groups excluding carboxylic acids is 1. The van der Waals surface area contributed by atoms with Gasteiger partial charge >= 0.3 is 0 Å².